The zero-order valence-corrected chi connectivity index (χ0v) is 24.0. The standard InChI is InChI=1S/C29H20Cl2F6N2O5/c1-2-7-38-24(41)12-5-4-11-13(16(12)25(38)42)9-28(30)26(43)39(23-21(36)19(34)18(33)20(35)22(23)37)27(44)29(28,31)17(11)10-3-6-15(40)14(32)8-10/h3-4,6,8,12-13,16-17,40H,2,5,7,9H2,1H3. The third kappa shape index (κ3) is 3.65. The molecule has 44 heavy (non-hydrogen) atoms. The Hall–Kier alpha value is -3.58. The van der Waals surface area contributed by atoms with Crippen LogP contribution in [0, 0.1) is 52.7 Å². The summed E-state index contributed by atoms with van der Waals surface area (Å²) in [6, 6.07) is 2.83. The predicted octanol–water partition coefficient (Wildman–Crippen LogP) is 5.20. The van der Waals surface area contributed by atoms with E-state index in [1.807, 2.05) is 0 Å². The molecule has 2 saturated heterocycles. The van der Waals surface area contributed by atoms with Gasteiger partial charge in [0.05, 0.1) is 11.8 Å². The minimum absolute atomic E-state index is 0.0237. The van der Waals surface area contributed by atoms with E-state index in [4.69, 9.17) is 23.2 Å². The predicted molar refractivity (Wildman–Crippen MR) is 141 cm³/mol. The molecule has 0 bridgehead atoms. The van der Waals surface area contributed by atoms with Crippen molar-refractivity contribution < 1.29 is 50.6 Å². The van der Waals surface area contributed by atoms with E-state index in [1.54, 1.807) is 6.92 Å². The first-order valence-electron chi connectivity index (χ1n) is 13.4. The molecule has 0 spiro atoms. The molecule has 3 fully saturated rings. The van der Waals surface area contributed by atoms with Gasteiger partial charge in [0, 0.05) is 12.5 Å². The number of likely N-dealkylation sites (tertiary alicyclic amines) is 1. The van der Waals surface area contributed by atoms with E-state index in [9.17, 15) is 50.6 Å². The van der Waals surface area contributed by atoms with Crippen LogP contribution in [0.1, 0.15) is 37.7 Å². The lowest BCUT2D eigenvalue weighted by molar-refractivity contribution is -0.140. The number of hydrogen-bond donors (Lipinski definition) is 1. The number of aromatic hydroxyl groups is 1. The summed E-state index contributed by atoms with van der Waals surface area (Å²) in [6.07, 6.45) is 1.26. The highest BCUT2D eigenvalue weighted by Crippen LogP contribution is 2.66. The van der Waals surface area contributed by atoms with Gasteiger partial charge in [-0.2, -0.15) is 0 Å². The van der Waals surface area contributed by atoms with Crippen molar-refractivity contribution in [2.45, 2.75) is 41.9 Å². The van der Waals surface area contributed by atoms with E-state index in [-0.39, 0.29) is 29.0 Å². The molecule has 15 heteroatoms. The lowest BCUT2D eigenvalue weighted by Crippen LogP contribution is -2.60. The molecule has 4 amide bonds. The van der Waals surface area contributed by atoms with E-state index in [0.29, 0.717) is 6.42 Å². The average Bonchev–Trinajstić information content (AvgIpc) is 3.31. The van der Waals surface area contributed by atoms with Gasteiger partial charge in [0.1, 0.15) is 5.69 Å². The summed E-state index contributed by atoms with van der Waals surface area (Å²) in [5.41, 5.74) is -1.88. The van der Waals surface area contributed by atoms with Crippen molar-refractivity contribution in [2.75, 3.05) is 11.4 Å². The van der Waals surface area contributed by atoms with Crippen molar-refractivity contribution in [2.24, 2.45) is 17.8 Å². The Labute approximate surface area is 255 Å². The number of fused-ring (bicyclic) bond motifs is 4. The van der Waals surface area contributed by atoms with Gasteiger partial charge >= 0.3 is 0 Å². The third-order valence-corrected chi connectivity index (χ3v) is 10.5. The highest BCUT2D eigenvalue weighted by Gasteiger charge is 2.77. The zero-order valence-electron chi connectivity index (χ0n) is 22.4. The first-order chi connectivity index (χ1) is 20.6. The van der Waals surface area contributed by atoms with Crippen molar-refractivity contribution in [3.8, 4) is 5.75 Å². The molecule has 2 aromatic carbocycles. The summed E-state index contributed by atoms with van der Waals surface area (Å²) in [5.74, 6) is -23.5. The molecule has 2 heterocycles. The van der Waals surface area contributed by atoms with Gasteiger partial charge in [-0.1, -0.05) is 24.6 Å². The van der Waals surface area contributed by atoms with E-state index in [2.05, 4.69) is 0 Å². The van der Waals surface area contributed by atoms with Gasteiger partial charge in [0.2, 0.25) is 17.6 Å². The number of imide groups is 2. The smallest absolute Gasteiger partial charge is 0.258 e. The van der Waals surface area contributed by atoms with Gasteiger partial charge in [0.15, 0.2) is 44.6 Å². The van der Waals surface area contributed by atoms with Crippen LogP contribution in [0.3, 0.4) is 0 Å². The van der Waals surface area contributed by atoms with Crippen LogP contribution < -0.4 is 4.90 Å². The van der Waals surface area contributed by atoms with E-state index in [0.717, 1.165) is 23.1 Å². The van der Waals surface area contributed by atoms with Gasteiger partial charge in [-0.25, -0.2) is 31.2 Å². The summed E-state index contributed by atoms with van der Waals surface area (Å²) in [5, 5.41) is 9.81. The minimum atomic E-state index is -2.76. The number of rotatable bonds is 4. The fourth-order valence-electron chi connectivity index (χ4n) is 7.15. The zero-order chi connectivity index (χ0) is 32.2. The molecule has 1 N–H and O–H groups in total. The molecule has 4 aliphatic rings. The molecule has 2 aliphatic carbocycles. The second-order valence-corrected chi connectivity index (χ2v) is 12.5. The lowest BCUT2D eigenvalue weighted by Gasteiger charge is -2.50. The van der Waals surface area contributed by atoms with Crippen molar-refractivity contribution in [1.82, 2.24) is 4.90 Å². The molecule has 0 aromatic heterocycles. The van der Waals surface area contributed by atoms with Crippen molar-refractivity contribution in [3.05, 3.63) is 70.3 Å². The summed E-state index contributed by atoms with van der Waals surface area (Å²) in [6.45, 7) is 1.84. The van der Waals surface area contributed by atoms with Crippen LogP contribution in [0.4, 0.5) is 32.0 Å². The normalized spacial score (nSPS) is 31.3. The maximum Gasteiger partial charge on any atom is 0.258 e. The Morgan fingerprint density at radius 2 is 1.50 bits per heavy atom. The van der Waals surface area contributed by atoms with Crippen LogP contribution in [-0.4, -0.2) is 49.9 Å². The quantitative estimate of drug-likeness (QED) is 0.122. The number of halogens is 8. The molecule has 7 nitrogen and oxygen atoms in total. The molecule has 2 aliphatic heterocycles. The fraction of sp³-hybridized carbons (Fsp3) is 0.379. The van der Waals surface area contributed by atoms with E-state index < -0.39 is 110 Å². The fourth-order valence-corrected chi connectivity index (χ4v) is 8.09. The second kappa shape index (κ2) is 9.96. The first-order valence-corrected chi connectivity index (χ1v) is 14.2. The number of alkyl halides is 2. The molecule has 1 saturated carbocycles. The topological polar surface area (TPSA) is 95.0 Å². The Morgan fingerprint density at radius 1 is 0.886 bits per heavy atom. The third-order valence-electron chi connectivity index (χ3n) is 9.06. The van der Waals surface area contributed by atoms with E-state index in [1.165, 1.54) is 6.08 Å². The van der Waals surface area contributed by atoms with Crippen LogP contribution in [-0.2, 0) is 19.2 Å². The Bertz CT molecular complexity index is 1710. The number of allylic oxidation sites excluding steroid dienone is 2. The van der Waals surface area contributed by atoms with E-state index >= 15 is 0 Å². The number of carbonyl (C=O) groups is 4. The lowest BCUT2D eigenvalue weighted by atomic mass is 9.56. The number of phenols is 1. The van der Waals surface area contributed by atoms with Gasteiger partial charge in [0.25, 0.3) is 11.8 Å². The highest BCUT2D eigenvalue weighted by atomic mass is 35.5. The maximum absolute atomic E-state index is 15.0. The van der Waals surface area contributed by atoms with Gasteiger partial charge in [-0.15, -0.1) is 23.2 Å². The number of benzene rings is 2. The number of carbonyl (C=O) groups excluding carboxylic acids is 4. The van der Waals surface area contributed by atoms with Crippen LogP contribution in [0.2, 0.25) is 0 Å². The van der Waals surface area contributed by atoms with Crippen molar-refractivity contribution in [3.63, 3.8) is 0 Å². The second-order valence-electron chi connectivity index (χ2n) is 11.2. The Balaban J connectivity index is 1.60. The summed E-state index contributed by atoms with van der Waals surface area (Å²) >= 11 is 13.9. The largest absolute Gasteiger partial charge is 0.505 e. The monoisotopic (exact) mass is 660 g/mol. The number of hydrogen-bond acceptors (Lipinski definition) is 5. The van der Waals surface area contributed by atoms with Gasteiger partial charge in [-0.05, 0) is 42.9 Å². The number of phenolic OH excluding ortho intramolecular Hbond substituents is 1. The molecule has 232 valence electrons. The Kier molecular flexibility index (Phi) is 6.89. The number of anilines is 1. The SMILES string of the molecule is CCCN1C(=O)C2CC=C3C(CC4(Cl)C(=O)N(c5c(F)c(F)c(F)c(F)c5F)C(=O)C4(Cl)C3c3ccc(O)c(F)c3)C2C1=O. The molecule has 0 radical (unpaired) electrons. The molecule has 6 atom stereocenters. The van der Waals surface area contributed by atoms with Crippen LogP contribution in [0.25, 0.3) is 0 Å². The first kappa shape index (κ1) is 30.4. The summed E-state index contributed by atoms with van der Waals surface area (Å²) in [7, 11) is 0. The van der Waals surface area contributed by atoms with Crippen molar-refractivity contribution >= 4 is 52.5 Å². The molecule has 2 aromatic rings. The number of nitrogens with zero attached hydrogens (tertiary/aromatic N) is 2. The summed E-state index contributed by atoms with van der Waals surface area (Å²) < 4.78 is 87.0. The minimum Gasteiger partial charge on any atom is -0.505 e. The molecule has 6 unspecified atom stereocenters. The number of amides is 4. The van der Waals surface area contributed by atoms with Gasteiger partial charge in [-0.3, -0.25) is 24.1 Å². The molecular formula is C29H20Cl2F6N2O5. The average molecular weight is 661 g/mol. The molecule has 6 rings (SSSR count). The highest BCUT2D eigenvalue weighted by molar-refractivity contribution is 6.58. The molecular weight excluding hydrogens is 641 g/mol. The maximum atomic E-state index is 15.0. The summed E-state index contributed by atoms with van der Waals surface area (Å²) in [4.78, 5) is 50.1. The van der Waals surface area contributed by atoms with Crippen LogP contribution in [0.15, 0.2) is 29.8 Å². The van der Waals surface area contributed by atoms with Crippen LogP contribution >= 0.6 is 23.2 Å². The van der Waals surface area contributed by atoms with Gasteiger partial charge < -0.3 is 5.11 Å². The van der Waals surface area contributed by atoms with Crippen molar-refractivity contribution in [1.29, 1.82) is 0 Å². The van der Waals surface area contributed by atoms with Crippen LogP contribution in [0.5, 0.6) is 5.75 Å². The Morgan fingerprint density at radius 3 is 2.09 bits per heavy atom.